The largest absolute Gasteiger partial charge is 0.347 e. The van der Waals surface area contributed by atoms with Crippen LogP contribution in [0.3, 0.4) is 0 Å². The molecule has 1 unspecified atom stereocenters. The number of rotatable bonds is 6. The van der Waals surface area contributed by atoms with Crippen molar-refractivity contribution in [2.75, 3.05) is 17.6 Å². The lowest BCUT2D eigenvalue weighted by atomic mass is 9.53. The first-order valence-electron chi connectivity index (χ1n) is 11.7. The van der Waals surface area contributed by atoms with Gasteiger partial charge in [0, 0.05) is 29.8 Å². The molecule has 4 nitrogen and oxygen atoms in total. The summed E-state index contributed by atoms with van der Waals surface area (Å²) in [5, 5.41) is 4.25. The van der Waals surface area contributed by atoms with E-state index in [0.717, 1.165) is 41.6 Å². The number of carbonyl (C=O) groups is 1. The highest BCUT2D eigenvalue weighted by Gasteiger charge is 2.51. The van der Waals surface area contributed by atoms with Crippen LogP contribution in [0.25, 0.3) is 0 Å². The summed E-state index contributed by atoms with van der Waals surface area (Å²) in [6.45, 7) is 3.07. The predicted molar refractivity (Wildman–Crippen MR) is 133 cm³/mol. The van der Waals surface area contributed by atoms with Crippen molar-refractivity contribution in [1.29, 1.82) is 0 Å². The minimum atomic E-state index is -0.465. The lowest BCUT2D eigenvalue weighted by molar-refractivity contribution is -0.116. The van der Waals surface area contributed by atoms with Crippen molar-refractivity contribution in [3.05, 3.63) is 29.0 Å². The van der Waals surface area contributed by atoms with Crippen molar-refractivity contribution in [2.45, 2.75) is 69.9 Å². The Morgan fingerprint density at radius 3 is 2.53 bits per heavy atom. The van der Waals surface area contributed by atoms with Crippen molar-refractivity contribution in [2.24, 2.45) is 22.7 Å². The topological polar surface area (TPSA) is 44.7 Å². The van der Waals surface area contributed by atoms with Crippen LogP contribution >= 0.6 is 35.8 Å². The summed E-state index contributed by atoms with van der Waals surface area (Å²) in [5.74, 6) is 2.83. The number of benzene rings is 1. The van der Waals surface area contributed by atoms with Gasteiger partial charge in [-0.1, -0.05) is 30.3 Å². The molecule has 5 fully saturated rings. The molecule has 1 N–H and O–H groups in total. The maximum atomic E-state index is 14.0. The summed E-state index contributed by atoms with van der Waals surface area (Å²) >= 11 is 7.76. The van der Waals surface area contributed by atoms with Gasteiger partial charge < -0.3 is 10.2 Å². The van der Waals surface area contributed by atoms with Crippen LogP contribution in [0.5, 0.6) is 0 Å². The Hall–Kier alpha value is -0.980. The quantitative estimate of drug-likeness (QED) is 0.493. The van der Waals surface area contributed by atoms with E-state index in [4.69, 9.17) is 16.6 Å². The lowest BCUT2D eigenvalue weighted by Crippen LogP contribution is -2.50. The minimum Gasteiger partial charge on any atom is -0.347 e. The van der Waals surface area contributed by atoms with Crippen LogP contribution in [-0.2, 0) is 4.79 Å². The van der Waals surface area contributed by atoms with Crippen LogP contribution in [0.2, 0.25) is 5.02 Å². The Labute approximate surface area is 205 Å². The van der Waals surface area contributed by atoms with E-state index in [2.05, 4.69) is 17.1 Å². The maximum Gasteiger partial charge on any atom is 0.226 e. The van der Waals surface area contributed by atoms with Crippen LogP contribution < -0.4 is 5.32 Å². The fourth-order valence-corrected chi connectivity index (χ4v) is 8.17. The van der Waals surface area contributed by atoms with E-state index in [1.807, 2.05) is 0 Å². The third-order valence-corrected chi connectivity index (χ3v) is 8.89. The molecule has 5 aliphatic rings. The van der Waals surface area contributed by atoms with Crippen molar-refractivity contribution in [1.82, 2.24) is 4.90 Å². The summed E-state index contributed by atoms with van der Waals surface area (Å²) in [6.07, 6.45) is 9.35. The number of nitrogens with zero attached hydrogens (tertiary/aromatic N) is 2. The number of amidine groups is 1. The van der Waals surface area contributed by atoms with Crippen molar-refractivity contribution in [3.63, 3.8) is 0 Å². The van der Waals surface area contributed by atoms with Gasteiger partial charge in [0.05, 0.1) is 11.2 Å². The molecule has 1 aromatic rings. The normalized spacial score (nSPS) is 34.1. The molecular weight excluding hydrogens is 468 g/mol. The molecule has 4 aliphatic carbocycles. The van der Waals surface area contributed by atoms with Gasteiger partial charge in [0.15, 0.2) is 5.17 Å². The zero-order valence-electron chi connectivity index (χ0n) is 18.5. The molecule has 4 bridgehead atoms. The second kappa shape index (κ2) is 9.71. The molecular formula is C24H32Cl2FN3OS. The minimum absolute atomic E-state index is 0. The van der Waals surface area contributed by atoms with E-state index in [9.17, 15) is 9.18 Å². The molecule has 32 heavy (non-hydrogen) atoms. The number of halogens is 3. The molecule has 4 saturated carbocycles. The number of hydrogen-bond acceptors (Lipinski definition) is 3. The molecule has 1 aliphatic heterocycles. The van der Waals surface area contributed by atoms with Gasteiger partial charge >= 0.3 is 0 Å². The first kappa shape index (κ1) is 24.2. The molecule has 0 radical (unpaired) electrons. The van der Waals surface area contributed by atoms with Gasteiger partial charge in [0.1, 0.15) is 5.82 Å². The Balaban J connectivity index is 0.00000245. The fraction of sp³-hybridized carbons (Fsp3) is 0.667. The zero-order valence-corrected chi connectivity index (χ0v) is 20.9. The highest BCUT2D eigenvalue weighted by atomic mass is 35.5. The molecule has 1 amide bonds. The van der Waals surface area contributed by atoms with E-state index >= 15 is 0 Å². The average molecular weight is 501 g/mol. The maximum absolute atomic E-state index is 14.0. The Morgan fingerprint density at radius 2 is 1.91 bits per heavy atom. The van der Waals surface area contributed by atoms with E-state index in [-0.39, 0.29) is 35.6 Å². The van der Waals surface area contributed by atoms with Crippen molar-refractivity contribution < 1.29 is 9.18 Å². The van der Waals surface area contributed by atoms with E-state index in [1.165, 1.54) is 56.7 Å². The van der Waals surface area contributed by atoms with Gasteiger partial charge in [-0.05, 0) is 80.9 Å². The summed E-state index contributed by atoms with van der Waals surface area (Å²) in [7, 11) is 0. The van der Waals surface area contributed by atoms with Crippen LogP contribution in [0, 0.1) is 23.6 Å². The summed E-state index contributed by atoms with van der Waals surface area (Å²) in [5.41, 5.74) is 0.289. The molecule has 6 rings (SSSR count). The molecule has 1 atom stereocenters. The smallest absolute Gasteiger partial charge is 0.226 e. The van der Waals surface area contributed by atoms with E-state index in [1.54, 1.807) is 11.8 Å². The first-order chi connectivity index (χ1) is 14.9. The molecule has 176 valence electrons. The van der Waals surface area contributed by atoms with Crippen LogP contribution in [0.1, 0.15) is 58.3 Å². The Bertz CT molecular complexity index is 861. The summed E-state index contributed by atoms with van der Waals surface area (Å²) < 4.78 is 14.0. The monoisotopic (exact) mass is 499 g/mol. The predicted octanol–water partition coefficient (Wildman–Crippen LogP) is 6.38. The van der Waals surface area contributed by atoms with Gasteiger partial charge in [-0.3, -0.25) is 9.79 Å². The Morgan fingerprint density at radius 1 is 1.25 bits per heavy atom. The molecule has 0 aromatic heterocycles. The summed E-state index contributed by atoms with van der Waals surface area (Å²) in [4.78, 5) is 20.5. The van der Waals surface area contributed by atoms with Crippen molar-refractivity contribution in [3.8, 4) is 0 Å². The van der Waals surface area contributed by atoms with Gasteiger partial charge in [-0.25, -0.2) is 4.39 Å². The molecule has 0 spiro atoms. The number of nitrogens with one attached hydrogen (secondary N) is 1. The standard InChI is InChI=1S/C24H31ClFN3OS.ClH/c1-2-5-29-19(10-22(30)27-21-9-18(25)3-4-20(21)26)14-31-23(29)28-24-11-15-6-16(12-24)8-17(7-15)13-24;/h3-4,9,15-17,19H,2,5-8,10-14H2,1H3,(H,27,30);1H. The van der Waals surface area contributed by atoms with E-state index in [0.29, 0.717) is 11.4 Å². The number of hydrogen-bond donors (Lipinski definition) is 1. The molecule has 1 saturated heterocycles. The van der Waals surface area contributed by atoms with E-state index < -0.39 is 5.82 Å². The van der Waals surface area contributed by atoms with Crippen LogP contribution in [0.4, 0.5) is 10.1 Å². The molecule has 1 heterocycles. The van der Waals surface area contributed by atoms with Gasteiger partial charge in [-0.15, -0.1) is 12.4 Å². The SMILES string of the molecule is CCCN1C(=NC23CC4CC(CC(C4)C2)C3)SCC1CC(=O)Nc1cc(Cl)ccc1F.Cl. The highest BCUT2D eigenvalue weighted by Crippen LogP contribution is 2.57. The third-order valence-electron chi connectivity index (χ3n) is 7.52. The fourth-order valence-electron chi connectivity index (χ4n) is 6.70. The summed E-state index contributed by atoms with van der Waals surface area (Å²) in [6, 6.07) is 4.32. The molecule has 8 heteroatoms. The number of carbonyl (C=O) groups excluding carboxylic acids is 1. The van der Waals surface area contributed by atoms with Crippen molar-refractivity contribution >= 4 is 52.5 Å². The second-order valence-corrected chi connectivity index (χ2v) is 11.5. The average Bonchev–Trinajstić information content (AvgIpc) is 3.04. The number of amides is 1. The third kappa shape index (κ3) is 4.92. The second-order valence-electron chi connectivity index (χ2n) is 10.1. The van der Waals surface area contributed by atoms with Gasteiger partial charge in [-0.2, -0.15) is 0 Å². The highest BCUT2D eigenvalue weighted by molar-refractivity contribution is 8.14. The van der Waals surface area contributed by atoms with Gasteiger partial charge in [0.2, 0.25) is 5.91 Å². The Kier molecular flexibility index (Phi) is 7.33. The number of anilines is 1. The first-order valence-corrected chi connectivity index (χ1v) is 13.0. The number of aliphatic imine (C=N–C) groups is 1. The number of thioether (sulfide) groups is 1. The molecule has 1 aromatic carbocycles. The van der Waals surface area contributed by atoms with Crippen LogP contribution in [0.15, 0.2) is 23.2 Å². The van der Waals surface area contributed by atoms with Gasteiger partial charge in [0.25, 0.3) is 0 Å². The van der Waals surface area contributed by atoms with Crippen LogP contribution in [-0.4, -0.2) is 39.9 Å². The zero-order chi connectivity index (χ0) is 21.6. The lowest BCUT2D eigenvalue weighted by Gasteiger charge is -2.55.